The van der Waals surface area contributed by atoms with Crippen LogP contribution in [0, 0.1) is 6.92 Å². The second kappa shape index (κ2) is 7.38. The Kier molecular flexibility index (Phi) is 4.75. The van der Waals surface area contributed by atoms with Crippen molar-refractivity contribution < 1.29 is 18.7 Å². The van der Waals surface area contributed by atoms with Gasteiger partial charge in [0.2, 0.25) is 23.6 Å². The maximum absolute atomic E-state index is 13.1. The molecule has 148 valence electrons. The lowest BCUT2D eigenvalue weighted by atomic mass is 9.89. The van der Waals surface area contributed by atoms with E-state index in [4.69, 9.17) is 9.15 Å². The smallest absolute Gasteiger partial charge is 0.247 e. The number of nitrogens with zero attached hydrogens (tertiary/aromatic N) is 3. The molecule has 0 fully saturated rings. The van der Waals surface area contributed by atoms with Gasteiger partial charge in [-0.3, -0.25) is 9.59 Å². The lowest BCUT2D eigenvalue weighted by Gasteiger charge is -2.31. The predicted octanol–water partition coefficient (Wildman–Crippen LogP) is 3.14. The number of aromatic nitrogens is 2. The van der Waals surface area contributed by atoms with E-state index < -0.39 is 5.92 Å². The molecule has 0 aliphatic carbocycles. The number of fused-ring (bicyclic) bond motifs is 1. The number of ether oxygens (including phenoxy) is 1. The number of aryl methyl sites for hydroxylation is 1. The predicted molar refractivity (Wildman–Crippen MR) is 107 cm³/mol. The van der Waals surface area contributed by atoms with Gasteiger partial charge in [0.15, 0.2) is 0 Å². The van der Waals surface area contributed by atoms with E-state index in [1.807, 2.05) is 24.3 Å². The first kappa shape index (κ1) is 18.7. The zero-order valence-corrected chi connectivity index (χ0v) is 16.3. The number of hydrogen-bond donors (Lipinski definition) is 1. The van der Waals surface area contributed by atoms with E-state index in [0.717, 1.165) is 11.3 Å². The number of amides is 2. The number of carbonyl (C=O) groups is 2. The lowest BCUT2D eigenvalue weighted by Crippen LogP contribution is -2.37. The van der Waals surface area contributed by atoms with Crippen LogP contribution in [0.1, 0.15) is 23.8 Å². The Labute approximate surface area is 167 Å². The number of para-hydroxylation sites is 1. The number of rotatable bonds is 4. The summed E-state index contributed by atoms with van der Waals surface area (Å²) in [4.78, 5) is 27.1. The highest BCUT2D eigenvalue weighted by Gasteiger charge is 2.33. The van der Waals surface area contributed by atoms with E-state index in [1.165, 1.54) is 7.11 Å². The van der Waals surface area contributed by atoms with Crippen LogP contribution >= 0.6 is 0 Å². The molecule has 1 aromatic heterocycles. The van der Waals surface area contributed by atoms with Gasteiger partial charge in [-0.15, -0.1) is 10.2 Å². The van der Waals surface area contributed by atoms with Crippen molar-refractivity contribution in [3.63, 3.8) is 0 Å². The number of hydrogen-bond acceptors (Lipinski definition) is 6. The number of methoxy groups -OCH3 is 1. The normalized spacial score (nSPS) is 15.8. The van der Waals surface area contributed by atoms with Crippen LogP contribution in [0.4, 0.5) is 11.4 Å². The first-order chi connectivity index (χ1) is 14.0. The molecule has 2 aromatic carbocycles. The second-order valence-corrected chi connectivity index (χ2v) is 6.80. The molecule has 8 nitrogen and oxygen atoms in total. The summed E-state index contributed by atoms with van der Waals surface area (Å²) in [5.41, 5.74) is 2.68. The summed E-state index contributed by atoms with van der Waals surface area (Å²) in [5, 5.41) is 10.7. The summed E-state index contributed by atoms with van der Waals surface area (Å²) >= 11 is 0. The zero-order valence-electron chi connectivity index (χ0n) is 16.3. The molecule has 8 heteroatoms. The highest BCUT2D eigenvalue weighted by atomic mass is 16.5. The maximum Gasteiger partial charge on any atom is 0.247 e. The molecule has 1 unspecified atom stereocenters. The van der Waals surface area contributed by atoms with Crippen LogP contribution in [0.5, 0.6) is 5.75 Å². The monoisotopic (exact) mass is 392 g/mol. The van der Waals surface area contributed by atoms with Crippen LogP contribution in [0.25, 0.3) is 11.5 Å². The number of carbonyl (C=O) groups excluding carboxylic acids is 2. The van der Waals surface area contributed by atoms with E-state index in [1.54, 1.807) is 37.1 Å². The third-order valence-electron chi connectivity index (χ3n) is 4.97. The summed E-state index contributed by atoms with van der Waals surface area (Å²) in [6, 6.07) is 12.6. The molecule has 2 amide bonds. The molecule has 4 rings (SSSR count). The van der Waals surface area contributed by atoms with Crippen molar-refractivity contribution in [3.8, 4) is 17.2 Å². The quantitative estimate of drug-likeness (QED) is 0.733. The SMILES string of the molecule is COc1ccc(-c2nnc(C)o2)cc1NC(=O)C1CC(=O)N(C)c2ccccc21. The Hall–Kier alpha value is -3.68. The van der Waals surface area contributed by atoms with Gasteiger partial charge < -0.3 is 19.4 Å². The van der Waals surface area contributed by atoms with Crippen LogP contribution in [-0.4, -0.2) is 36.2 Å². The van der Waals surface area contributed by atoms with Gasteiger partial charge in [0.05, 0.1) is 18.7 Å². The average molecular weight is 392 g/mol. The standard InChI is InChI=1S/C21H20N4O4/c1-12-23-24-21(29-12)13-8-9-18(28-3)16(10-13)22-20(27)15-11-19(26)25(2)17-7-5-4-6-14(15)17/h4-10,15H,11H2,1-3H3,(H,22,27). The highest BCUT2D eigenvalue weighted by molar-refractivity contribution is 6.06. The molecule has 2 heterocycles. The minimum atomic E-state index is -0.589. The Balaban J connectivity index is 1.66. The van der Waals surface area contributed by atoms with Crippen LogP contribution in [-0.2, 0) is 9.59 Å². The first-order valence-electron chi connectivity index (χ1n) is 9.13. The molecule has 29 heavy (non-hydrogen) atoms. The fourth-order valence-corrected chi connectivity index (χ4v) is 3.45. The highest BCUT2D eigenvalue weighted by Crippen LogP contribution is 2.37. The first-order valence-corrected chi connectivity index (χ1v) is 9.13. The van der Waals surface area contributed by atoms with Crippen molar-refractivity contribution in [2.75, 3.05) is 24.4 Å². The molecular weight excluding hydrogens is 372 g/mol. The van der Waals surface area contributed by atoms with Crippen LogP contribution in [0.15, 0.2) is 46.9 Å². The molecular formula is C21H20N4O4. The fourth-order valence-electron chi connectivity index (χ4n) is 3.45. The molecule has 0 spiro atoms. The number of nitrogens with one attached hydrogen (secondary N) is 1. The molecule has 0 saturated heterocycles. The van der Waals surface area contributed by atoms with Crippen molar-refractivity contribution >= 4 is 23.2 Å². The van der Waals surface area contributed by atoms with Gasteiger partial charge in [-0.2, -0.15) is 0 Å². The van der Waals surface area contributed by atoms with Crippen molar-refractivity contribution in [3.05, 3.63) is 53.9 Å². The van der Waals surface area contributed by atoms with Gasteiger partial charge in [0.1, 0.15) is 5.75 Å². The molecule has 1 aliphatic rings. The Morgan fingerprint density at radius 1 is 1.24 bits per heavy atom. The Morgan fingerprint density at radius 2 is 2.03 bits per heavy atom. The molecule has 1 N–H and O–H groups in total. The van der Waals surface area contributed by atoms with E-state index in [2.05, 4.69) is 15.5 Å². The fraction of sp³-hybridized carbons (Fsp3) is 0.238. The summed E-state index contributed by atoms with van der Waals surface area (Å²) < 4.78 is 10.8. The Morgan fingerprint density at radius 3 is 2.76 bits per heavy atom. The minimum Gasteiger partial charge on any atom is -0.495 e. The summed E-state index contributed by atoms with van der Waals surface area (Å²) in [6.45, 7) is 1.71. The molecule has 1 aliphatic heterocycles. The number of benzene rings is 2. The minimum absolute atomic E-state index is 0.101. The maximum atomic E-state index is 13.1. The van der Waals surface area contributed by atoms with Gasteiger partial charge >= 0.3 is 0 Å². The van der Waals surface area contributed by atoms with Crippen LogP contribution < -0.4 is 15.0 Å². The van der Waals surface area contributed by atoms with Crippen LogP contribution in [0.2, 0.25) is 0 Å². The lowest BCUT2D eigenvalue weighted by molar-refractivity contribution is -0.124. The molecule has 1 atom stereocenters. The van der Waals surface area contributed by atoms with Crippen molar-refractivity contribution in [1.82, 2.24) is 10.2 Å². The van der Waals surface area contributed by atoms with Crippen molar-refractivity contribution in [2.45, 2.75) is 19.3 Å². The molecule has 0 saturated carbocycles. The molecule has 0 radical (unpaired) electrons. The third kappa shape index (κ3) is 3.44. The van der Waals surface area contributed by atoms with Gasteiger partial charge in [-0.25, -0.2) is 0 Å². The van der Waals surface area contributed by atoms with Crippen molar-refractivity contribution in [1.29, 1.82) is 0 Å². The van der Waals surface area contributed by atoms with E-state index in [9.17, 15) is 9.59 Å². The van der Waals surface area contributed by atoms with Gasteiger partial charge in [-0.05, 0) is 29.8 Å². The van der Waals surface area contributed by atoms with Crippen LogP contribution in [0.3, 0.4) is 0 Å². The van der Waals surface area contributed by atoms with E-state index in [0.29, 0.717) is 28.8 Å². The van der Waals surface area contributed by atoms with Gasteiger partial charge in [0, 0.05) is 31.6 Å². The van der Waals surface area contributed by atoms with E-state index >= 15 is 0 Å². The zero-order chi connectivity index (χ0) is 20.5. The topological polar surface area (TPSA) is 97.6 Å². The number of anilines is 2. The Bertz CT molecular complexity index is 1090. The van der Waals surface area contributed by atoms with Crippen molar-refractivity contribution in [2.24, 2.45) is 0 Å². The summed E-state index contributed by atoms with van der Waals surface area (Å²) in [7, 11) is 3.24. The van der Waals surface area contributed by atoms with Gasteiger partial charge in [-0.1, -0.05) is 18.2 Å². The molecule has 3 aromatic rings. The third-order valence-corrected chi connectivity index (χ3v) is 4.97. The van der Waals surface area contributed by atoms with E-state index in [-0.39, 0.29) is 18.2 Å². The second-order valence-electron chi connectivity index (χ2n) is 6.80. The van der Waals surface area contributed by atoms with Gasteiger partial charge in [0.25, 0.3) is 0 Å². The summed E-state index contributed by atoms with van der Waals surface area (Å²) in [5.74, 6) is 0.310. The summed E-state index contributed by atoms with van der Waals surface area (Å²) in [6.07, 6.45) is 0.101. The largest absolute Gasteiger partial charge is 0.495 e. The molecule has 0 bridgehead atoms. The average Bonchev–Trinajstić information content (AvgIpc) is 3.17.